The molecule has 0 unspecified atom stereocenters. The van der Waals surface area contributed by atoms with Crippen molar-refractivity contribution in [2.24, 2.45) is 5.73 Å². The van der Waals surface area contributed by atoms with Gasteiger partial charge >= 0.3 is 12.1 Å². The molecule has 10 heavy (non-hydrogen) atoms. The maximum absolute atomic E-state index is 11.7. The Kier molecular flexibility index (Phi) is 3.14. The average molecular weight is 157 g/mol. The first kappa shape index (κ1) is 9.22. The predicted octanol–water partition coefficient (Wildman–Crippen LogP) is 0.0506. The van der Waals surface area contributed by atoms with Gasteiger partial charge in [-0.2, -0.15) is 8.78 Å². The van der Waals surface area contributed by atoms with Crippen LogP contribution in [-0.2, 0) is 9.53 Å². The second-order valence-electron chi connectivity index (χ2n) is 1.45. The van der Waals surface area contributed by atoms with E-state index in [1.165, 1.54) is 0 Å². The summed E-state index contributed by atoms with van der Waals surface area (Å²) in [4.78, 5) is 9.99. The van der Waals surface area contributed by atoms with Crippen LogP contribution in [0, 0.1) is 0 Å². The Hall–Kier alpha value is -0.780. The van der Waals surface area contributed by atoms with Crippen molar-refractivity contribution >= 4 is 5.97 Å². The average Bonchev–Trinajstić information content (AvgIpc) is 1.87. The van der Waals surface area contributed by atoms with Crippen LogP contribution in [0.4, 0.5) is 13.2 Å². The number of ether oxygens (including phenoxy) is 1. The molecule has 6 heteroatoms. The topological polar surface area (TPSA) is 52.3 Å². The molecule has 0 saturated heterocycles. The van der Waals surface area contributed by atoms with Gasteiger partial charge < -0.3 is 10.5 Å². The van der Waals surface area contributed by atoms with Gasteiger partial charge in [-0.25, -0.2) is 4.39 Å². The lowest BCUT2D eigenvalue weighted by molar-refractivity contribution is -0.237. The zero-order valence-corrected chi connectivity index (χ0v) is 4.94. The van der Waals surface area contributed by atoms with Gasteiger partial charge in [0.2, 0.25) is 0 Å². The molecule has 3 nitrogen and oxygen atoms in total. The van der Waals surface area contributed by atoms with Gasteiger partial charge in [0.15, 0.2) is 6.67 Å². The summed E-state index contributed by atoms with van der Waals surface area (Å²) in [5.74, 6) is -1.33. The highest BCUT2D eigenvalue weighted by Crippen LogP contribution is 2.14. The van der Waals surface area contributed by atoms with Gasteiger partial charge in [0.1, 0.15) is 0 Å². The number of carbonyl (C=O) groups is 1. The molecule has 0 aliphatic rings. The molecule has 0 radical (unpaired) electrons. The van der Waals surface area contributed by atoms with E-state index in [-0.39, 0.29) is 0 Å². The molecule has 0 amide bonds. The molecular formula is C4H6F3NO2. The first-order valence-corrected chi connectivity index (χ1v) is 2.37. The Morgan fingerprint density at radius 2 is 2.10 bits per heavy atom. The summed E-state index contributed by atoms with van der Waals surface area (Å²) >= 11 is 0. The van der Waals surface area contributed by atoms with Crippen molar-refractivity contribution in [2.45, 2.75) is 6.11 Å². The van der Waals surface area contributed by atoms with Crippen molar-refractivity contribution in [2.75, 3.05) is 13.2 Å². The van der Waals surface area contributed by atoms with Gasteiger partial charge in [-0.15, -0.1) is 0 Å². The molecule has 0 heterocycles. The van der Waals surface area contributed by atoms with Crippen molar-refractivity contribution in [3.05, 3.63) is 0 Å². The summed E-state index contributed by atoms with van der Waals surface area (Å²) in [5, 5.41) is 0. The molecule has 0 atom stereocenters. The number of rotatable bonds is 3. The Morgan fingerprint density at radius 1 is 1.60 bits per heavy atom. The molecule has 60 valence electrons. The highest BCUT2D eigenvalue weighted by Gasteiger charge is 2.33. The Balaban J connectivity index is 3.76. The third kappa shape index (κ3) is 3.29. The van der Waals surface area contributed by atoms with Gasteiger partial charge in [-0.1, -0.05) is 0 Å². The summed E-state index contributed by atoms with van der Waals surface area (Å²) in [6.45, 7) is -2.71. The van der Waals surface area contributed by atoms with E-state index in [0.29, 0.717) is 0 Å². The van der Waals surface area contributed by atoms with E-state index >= 15 is 0 Å². The molecule has 0 aliphatic heterocycles. The van der Waals surface area contributed by atoms with Crippen LogP contribution < -0.4 is 5.73 Å². The molecule has 0 fully saturated rings. The van der Waals surface area contributed by atoms with Crippen LogP contribution in [-0.4, -0.2) is 25.3 Å². The third-order valence-corrected chi connectivity index (χ3v) is 0.585. The summed E-state index contributed by atoms with van der Waals surface area (Å²) in [5.41, 5.74) is 4.60. The minimum atomic E-state index is -4.03. The molecule has 0 aromatic heterocycles. The van der Waals surface area contributed by atoms with Crippen molar-refractivity contribution < 1.29 is 22.7 Å². The number of nitrogens with two attached hydrogens (primary N) is 1. The Labute approximate surface area is 54.9 Å². The fraction of sp³-hybridized carbons (Fsp3) is 0.750. The highest BCUT2D eigenvalue weighted by molar-refractivity contribution is 5.71. The normalized spacial score (nSPS) is 11.2. The molecule has 0 spiro atoms. The van der Waals surface area contributed by atoms with E-state index in [4.69, 9.17) is 0 Å². The summed E-state index contributed by atoms with van der Waals surface area (Å²) in [6, 6.07) is 0. The predicted molar refractivity (Wildman–Crippen MR) is 26.1 cm³/mol. The lowest BCUT2D eigenvalue weighted by Gasteiger charge is -2.11. The minimum absolute atomic E-state index is 0.685. The molecule has 0 aromatic carbocycles. The molecule has 2 N–H and O–H groups in total. The van der Waals surface area contributed by atoms with Crippen LogP contribution in [0.25, 0.3) is 0 Å². The number of hydrogen-bond acceptors (Lipinski definition) is 3. The van der Waals surface area contributed by atoms with Crippen LogP contribution in [0.2, 0.25) is 0 Å². The molecule has 0 aliphatic carbocycles. The highest BCUT2D eigenvalue weighted by atomic mass is 19.3. The zero-order chi connectivity index (χ0) is 8.20. The largest absolute Gasteiger partial charge is 0.429 e. The number of halogens is 3. The zero-order valence-electron chi connectivity index (χ0n) is 4.94. The Bertz CT molecular complexity index is 128. The Morgan fingerprint density at radius 3 is 2.40 bits per heavy atom. The van der Waals surface area contributed by atoms with Crippen LogP contribution >= 0.6 is 0 Å². The third-order valence-electron chi connectivity index (χ3n) is 0.585. The van der Waals surface area contributed by atoms with Crippen LogP contribution in [0.15, 0.2) is 0 Å². The number of carbonyl (C=O) groups excluding carboxylic acids is 1. The van der Waals surface area contributed by atoms with Gasteiger partial charge in [-0.05, 0) is 0 Å². The lowest BCUT2D eigenvalue weighted by atomic mass is 10.6. The van der Waals surface area contributed by atoms with E-state index in [2.05, 4.69) is 10.5 Å². The van der Waals surface area contributed by atoms with Crippen molar-refractivity contribution in [3.63, 3.8) is 0 Å². The van der Waals surface area contributed by atoms with E-state index in [1.54, 1.807) is 0 Å². The maximum atomic E-state index is 11.7. The van der Waals surface area contributed by atoms with Crippen LogP contribution in [0.1, 0.15) is 0 Å². The molecule has 0 bridgehead atoms. The fourth-order valence-electron chi connectivity index (χ4n) is 0.235. The van der Waals surface area contributed by atoms with E-state index < -0.39 is 25.3 Å². The number of hydrogen-bond donors (Lipinski definition) is 1. The quantitative estimate of drug-likeness (QED) is 0.589. The standard InChI is InChI=1S/C4H6F3NO2/c5-2-4(6,7)10-3(9)1-8/h1-2,8H2. The van der Waals surface area contributed by atoms with Gasteiger partial charge in [-0.3, -0.25) is 4.79 Å². The summed E-state index contributed by atoms with van der Waals surface area (Å²) in [7, 11) is 0. The SMILES string of the molecule is NCC(=O)OC(F)(F)CF. The van der Waals surface area contributed by atoms with Crippen molar-refractivity contribution in [1.29, 1.82) is 0 Å². The first-order chi connectivity index (χ1) is 4.52. The second kappa shape index (κ2) is 3.40. The lowest BCUT2D eigenvalue weighted by Crippen LogP contribution is -2.30. The van der Waals surface area contributed by atoms with E-state index in [9.17, 15) is 18.0 Å². The molecule has 0 rings (SSSR count). The van der Waals surface area contributed by atoms with E-state index in [0.717, 1.165) is 0 Å². The van der Waals surface area contributed by atoms with Gasteiger partial charge in [0.25, 0.3) is 0 Å². The summed E-state index contributed by atoms with van der Waals surface area (Å²) < 4.78 is 37.9. The number of esters is 1. The summed E-state index contributed by atoms with van der Waals surface area (Å²) in [6.07, 6.45) is -4.03. The van der Waals surface area contributed by atoms with E-state index in [1.807, 2.05) is 0 Å². The van der Waals surface area contributed by atoms with Crippen LogP contribution in [0.3, 0.4) is 0 Å². The molecule has 0 aromatic rings. The smallest absolute Gasteiger partial charge is 0.398 e. The van der Waals surface area contributed by atoms with Crippen molar-refractivity contribution in [3.8, 4) is 0 Å². The second-order valence-corrected chi connectivity index (χ2v) is 1.45. The van der Waals surface area contributed by atoms with Crippen LogP contribution in [0.5, 0.6) is 0 Å². The maximum Gasteiger partial charge on any atom is 0.429 e. The number of alkyl halides is 3. The van der Waals surface area contributed by atoms with Gasteiger partial charge in [0.05, 0.1) is 6.54 Å². The van der Waals surface area contributed by atoms with Crippen molar-refractivity contribution in [1.82, 2.24) is 0 Å². The molecule has 0 saturated carbocycles. The fourth-order valence-corrected chi connectivity index (χ4v) is 0.235. The monoisotopic (exact) mass is 157 g/mol. The molecular weight excluding hydrogens is 151 g/mol. The first-order valence-electron chi connectivity index (χ1n) is 2.37. The van der Waals surface area contributed by atoms with Gasteiger partial charge in [0, 0.05) is 0 Å². The minimum Gasteiger partial charge on any atom is -0.398 e.